The van der Waals surface area contributed by atoms with Crippen molar-refractivity contribution in [2.24, 2.45) is 0 Å². The summed E-state index contributed by atoms with van der Waals surface area (Å²) in [7, 11) is 0. The maximum Gasteiger partial charge on any atom is 0.301 e. The van der Waals surface area contributed by atoms with Crippen molar-refractivity contribution in [2.75, 3.05) is 4.90 Å². The molecule has 3 aromatic carbocycles. The molecule has 0 aliphatic carbocycles. The van der Waals surface area contributed by atoms with Gasteiger partial charge in [-0.15, -0.1) is 10.2 Å². The number of hydrogen-bond acceptors (Lipinski definition) is 7. The van der Waals surface area contributed by atoms with E-state index in [-0.39, 0.29) is 21.5 Å². The average Bonchev–Trinajstić information content (AvgIpc) is 3.48. The lowest BCUT2D eigenvalue weighted by atomic mass is 9.93. The molecule has 1 aliphatic rings. The highest BCUT2D eigenvalue weighted by Crippen LogP contribution is 2.45. The molecule has 198 valence electrons. The van der Waals surface area contributed by atoms with Gasteiger partial charge in [0.25, 0.3) is 5.78 Å². The second-order valence-electron chi connectivity index (χ2n) is 8.93. The summed E-state index contributed by atoms with van der Waals surface area (Å²) < 4.78 is 0.615. The van der Waals surface area contributed by atoms with Gasteiger partial charge in [0.15, 0.2) is 4.34 Å². The predicted molar refractivity (Wildman–Crippen MR) is 158 cm³/mol. The highest BCUT2D eigenvalue weighted by molar-refractivity contribution is 8.00. The van der Waals surface area contributed by atoms with Crippen molar-refractivity contribution >= 4 is 80.5 Å². The van der Waals surface area contributed by atoms with Crippen molar-refractivity contribution in [3.05, 3.63) is 109 Å². The summed E-state index contributed by atoms with van der Waals surface area (Å²) in [6.07, 6.45) is 0. The lowest BCUT2D eigenvalue weighted by Gasteiger charge is -2.23. The third kappa shape index (κ3) is 5.58. The number of benzene rings is 3. The molecular formula is C28H20Cl3N3O3S2. The number of thioether (sulfide) groups is 1. The van der Waals surface area contributed by atoms with Crippen LogP contribution in [0.25, 0.3) is 5.76 Å². The van der Waals surface area contributed by atoms with E-state index in [4.69, 9.17) is 34.8 Å². The standard InChI is InChI=1S/C28H20Cl3N3O3S2/c1-14-3-4-15(2)19(11-14)24(35)22-23(17-7-10-20(30)21(31)12-17)34(26(37)25(22)36)27-32-33-28(39-27)38-13-16-5-8-18(29)9-6-16/h3-12,23,35H,13H2,1-2H3/b24-22+. The minimum Gasteiger partial charge on any atom is -0.507 e. The van der Waals surface area contributed by atoms with E-state index >= 15 is 0 Å². The van der Waals surface area contributed by atoms with Gasteiger partial charge in [-0.05, 0) is 60.9 Å². The molecule has 1 unspecified atom stereocenters. The van der Waals surface area contributed by atoms with Gasteiger partial charge < -0.3 is 5.11 Å². The minimum atomic E-state index is -0.984. The summed E-state index contributed by atoms with van der Waals surface area (Å²) in [6.45, 7) is 3.71. The summed E-state index contributed by atoms with van der Waals surface area (Å²) in [5.41, 5.74) is 3.61. The third-order valence-corrected chi connectivity index (χ3v) is 9.35. The SMILES string of the molecule is Cc1ccc(C)c(/C(O)=C2\C(=O)C(=O)N(c3nnc(SCc4ccc(Cl)cc4)s3)C2c2ccc(Cl)c(Cl)c2)c1. The number of amides is 1. The molecule has 39 heavy (non-hydrogen) atoms. The number of Topliss-reactive ketones (excluding diaryl/α,β-unsaturated/α-hetero) is 1. The zero-order valence-corrected chi connectivity index (χ0v) is 24.5. The second-order valence-corrected chi connectivity index (χ2v) is 12.4. The molecule has 0 spiro atoms. The van der Waals surface area contributed by atoms with Crippen LogP contribution in [0.15, 0.2) is 70.6 Å². The summed E-state index contributed by atoms with van der Waals surface area (Å²) in [4.78, 5) is 28.2. The van der Waals surface area contributed by atoms with Gasteiger partial charge in [0.2, 0.25) is 5.13 Å². The van der Waals surface area contributed by atoms with E-state index in [0.29, 0.717) is 31.3 Å². The smallest absolute Gasteiger partial charge is 0.301 e. The predicted octanol–water partition coefficient (Wildman–Crippen LogP) is 8.03. The van der Waals surface area contributed by atoms with Crippen molar-refractivity contribution in [2.45, 2.75) is 30.0 Å². The van der Waals surface area contributed by atoms with Crippen LogP contribution >= 0.6 is 57.9 Å². The number of nitrogens with zero attached hydrogens (tertiary/aromatic N) is 3. The van der Waals surface area contributed by atoms with Gasteiger partial charge in [-0.1, -0.05) is 93.8 Å². The van der Waals surface area contributed by atoms with Crippen molar-refractivity contribution in [1.82, 2.24) is 10.2 Å². The van der Waals surface area contributed by atoms with E-state index in [1.54, 1.807) is 24.3 Å². The van der Waals surface area contributed by atoms with Gasteiger partial charge in [0.1, 0.15) is 5.76 Å². The molecule has 1 aliphatic heterocycles. The fraction of sp³-hybridized carbons (Fsp3) is 0.143. The van der Waals surface area contributed by atoms with Crippen molar-refractivity contribution in [1.29, 1.82) is 0 Å². The van der Waals surface area contributed by atoms with Gasteiger partial charge in [0.05, 0.1) is 21.7 Å². The van der Waals surface area contributed by atoms with Gasteiger partial charge in [-0.2, -0.15) is 0 Å². The summed E-state index contributed by atoms with van der Waals surface area (Å²) >= 11 is 21.1. The number of aryl methyl sites for hydroxylation is 2. The molecule has 1 N–H and O–H groups in total. The van der Waals surface area contributed by atoms with Crippen LogP contribution in [0, 0.1) is 13.8 Å². The molecule has 1 aromatic heterocycles. The Balaban J connectivity index is 1.58. The Kier molecular flexibility index (Phi) is 8.03. The number of hydrogen-bond donors (Lipinski definition) is 1. The zero-order valence-electron chi connectivity index (χ0n) is 20.6. The van der Waals surface area contributed by atoms with Gasteiger partial charge >= 0.3 is 5.91 Å². The Bertz CT molecular complexity index is 1640. The van der Waals surface area contributed by atoms with Crippen molar-refractivity contribution in [3.8, 4) is 0 Å². The first-order valence-corrected chi connectivity index (χ1v) is 14.6. The molecule has 1 fully saturated rings. The quantitative estimate of drug-likeness (QED) is 0.0776. The summed E-state index contributed by atoms with van der Waals surface area (Å²) in [6, 6.07) is 16.9. The molecule has 1 atom stereocenters. The lowest BCUT2D eigenvalue weighted by Crippen LogP contribution is -2.29. The highest BCUT2D eigenvalue weighted by Gasteiger charge is 2.48. The van der Waals surface area contributed by atoms with E-state index in [1.807, 2.05) is 50.2 Å². The third-order valence-electron chi connectivity index (χ3n) is 6.23. The van der Waals surface area contributed by atoms with Crippen LogP contribution in [0.2, 0.25) is 15.1 Å². The zero-order chi connectivity index (χ0) is 27.8. The first-order valence-electron chi connectivity index (χ1n) is 11.7. The maximum atomic E-state index is 13.5. The van der Waals surface area contributed by atoms with Crippen LogP contribution in [-0.4, -0.2) is 27.0 Å². The maximum absolute atomic E-state index is 13.5. The Morgan fingerprint density at radius 2 is 1.72 bits per heavy atom. The van der Waals surface area contributed by atoms with E-state index < -0.39 is 17.7 Å². The van der Waals surface area contributed by atoms with E-state index in [1.165, 1.54) is 28.0 Å². The van der Waals surface area contributed by atoms with E-state index in [2.05, 4.69) is 10.2 Å². The average molecular weight is 617 g/mol. The molecule has 0 radical (unpaired) electrons. The number of ketones is 1. The van der Waals surface area contributed by atoms with Crippen molar-refractivity contribution < 1.29 is 14.7 Å². The second kappa shape index (κ2) is 11.3. The summed E-state index contributed by atoms with van der Waals surface area (Å²) in [5.74, 6) is -1.29. The number of aliphatic hydroxyl groups is 1. The van der Waals surface area contributed by atoms with Crippen LogP contribution in [0.3, 0.4) is 0 Å². The normalized spacial score (nSPS) is 16.7. The lowest BCUT2D eigenvalue weighted by molar-refractivity contribution is -0.132. The largest absolute Gasteiger partial charge is 0.507 e. The van der Waals surface area contributed by atoms with E-state index in [9.17, 15) is 14.7 Å². The Morgan fingerprint density at radius 3 is 2.44 bits per heavy atom. The highest BCUT2D eigenvalue weighted by atomic mass is 35.5. The monoisotopic (exact) mass is 615 g/mol. The topological polar surface area (TPSA) is 83.4 Å². The van der Waals surface area contributed by atoms with Crippen LogP contribution in [-0.2, 0) is 15.3 Å². The Labute approximate surface area is 248 Å². The number of halogens is 3. The molecule has 0 saturated carbocycles. The molecule has 2 heterocycles. The number of anilines is 1. The number of aromatic nitrogens is 2. The van der Waals surface area contributed by atoms with Crippen molar-refractivity contribution in [3.63, 3.8) is 0 Å². The molecule has 0 bridgehead atoms. The van der Waals surface area contributed by atoms with E-state index in [0.717, 1.165) is 16.7 Å². The first kappa shape index (κ1) is 27.7. The number of aliphatic hydroxyl groups excluding tert-OH is 1. The van der Waals surface area contributed by atoms with Crippen LogP contribution in [0.4, 0.5) is 5.13 Å². The molecule has 1 amide bonds. The minimum absolute atomic E-state index is 0.0577. The van der Waals surface area contributed by atoms with Crippen LogP contribution in [0.1, 0.15) is 33.9 Å². The molecule has 11 heteroatoms. The summed E-state index contributed by atoms with van der Waals surface area (Å²) in [5, 5.41) is 21.4. The van der Waals surface area contributed by atoms with Crippen LogP contribution < -0.4 is 4.90 Å². The first-order chi connectivity index (χ1) is 18.6. The van der Waals surface area contributed by atoms with Crippen LogP contribution in [0.5, 0.6) is 0 Å². The molecule has 5 rings (SSSR count). The molecule has 4 aromatic rings. The fourth-order valence-corrected chi connectivity index (χ4v) is 6.50. The molecule has 1 saturated heterocycles. The van der Waals surface area contributed by atoms with Gasteiger partial charge in [0, 0.05) is 16.3 Å². The van der Waals surface area contributed by atoms with Gasteiger partial charge in [-0.25, -0.2) is 0 Å². The Hall–Kier alpha value is -2.88. The molecule has 6 nitrogen and oxygen atoms in total. The number of carbonyl (C=O) groups is 2. The molecular weight excluding hydrogens is 597 g/mol. The fourth-order valence-electron chi connectivity index (χ4n) is 4.25. The number of carbonyl (C=O) groups excluding carboxylic acids is 2. The number of rotatable bonds is 6. The van der Waals surface area contributed by atoms with Gasteiger partial charge in [-0.3, -0.25) is 14.5 Å². The Morgan fingerprint density at radius 1 is 0.974 bits per heavy atom.